The molecule has 2 aromatic carbocycles. The van der Waals surface area contributed by atoms with Crippen molar-refractivity contribution in [3.63, 3.8) is 0 Å². The molecule has 3 rings (SSSR count). The first kappa shape index (κ1) is 19.5. The number of carbonyl (C=O) groups is 1. The Morgan fingerprint density at radius 1 is 0.964 bits per heavy atom. The SMILES string of the molecule is Cc1cc(C(=O)N(C)c2ccccc2)nc(N(Cc2ccccc2)C(C)C)n1. The molecule has 0 aliphatic rings. The number of rotatable bonds is 6. The zero-order valence-electron chi connectivity index (χ0n) is 16.8. The summed E-state index contributed by atoms with van der Waals surface area (Å²) in [5.74, 6) is 0.421. The minimum absolute atomic E-state index is 0.152. The summed E-state index contributed by atoms with van der Waals surface area (Å²) in [6, 6.07) is 21.7. The molecule has 0 atom stereocenters. The molecule has 5 heteroatoms. The fourth-order valence-corrected chi connectivity index (χ4v) is 3.00. The smallest absolute Gasteiger partial charge is 0.276 e. The van der Waals surface area contributed by atoms with Gasteiger partial charge in [0.1, 0.15) is 5.69 Å². The van der Waals surface area contributed by atoms with Crippen molar-refractivity contribution in [2.45, 2.75) is 33.4 Å². The van der Waals surface area contributed by atoms with Crippen LogP contribution in [0, 0.1) is 6.92 Å². The lowest BCUT2D eigenvalue weighted by atomic mass is 10.2. The van der Waals surface area contributed by atoms with Gasteiger partial charge in [-0.05, 0) is 44.5 Å². The van der Waals surface area contributed by atoms with Crippen LogP contribution < -0.4 is 9.80 Å². The van der Waals surface area contributed by atoms with Crippen LogP contribution in [-0.4, -0.2) is 29.0 Å². The van der Waals surface area contributed by atoms with E-state index in [2.05, 4.69) is 40.8 Å². The highest BCUT2D eigenvalue weighted by atomic mass is 16.2. The van der Waals surface area contributed by atoms with Crippen LogP contribution in [0.4, 0.5) is 11.6 Å². The highest BCUT2D eigenvalue weighted by Crippen LogP contribution is 2.19. The molecule has 1 heterocycles. The topological polar surface area (TPSA) is 49.3 Å². The van der Waals surface area contributed by atoms with Crippen LogP contribution in [0.5, 0.6) is 0 Å². The third kappa shape index (κ3) is 4.55. The standard InChI is InChI=1S/C23H26N4O/c1-17(2)27(16-19-11-7-5-8-12-19)23-24-18(3)15-21(25-23)22(28)26(4)20-13-9-6-10-14-20/h5-15,17H,16H2,1-4H3. The van der Waals surface area contributed by atoms with E-state index >= 15 is 0 Å². The molecule has 0 aliphatic carbocycles. The van der Waals surface area contributed by atoms with Crippen LogP contribution in [0.2, 0.25) is 0 Å². The highest BCUT2D eigenvalue weighted by Gasteiger charge is 2.20. The number of amides is 1. The Kier molecular flexibility index (Phi) is 6.04. The molecular formula is C23H26N4O. The van der Waals surface area contributed by atoms with Crippen LogP contribution in [0.1, 0.15) is 35.6 Å². The van der Waals surface area contributed by atoms with E-state index in [0.717, 1.165) is 11.4 Å². The maximum atomic E-state index is 13.0. The van der Waals surface area contributed by atoms with E-state index < -0.39 is 0 Å². The fraction of sp³-hybridized carbons (Fsp3) is 0.261. The van der Waals surface area contributed by atoms with Gasteiger partial charge in [0, 0.05) is 31.0 Å². The number of anilines is 2. The van der Waals surface area contributed by atoms with E-state index in [1.807, 2.05) is 55.5 Å². The Morgan fingerprint density at radius 2 is 1.57 bits per heavy atom. The second-order valence-electron chi connectivity index (χ2n) is 7.10. The third-order valence-electron chi connectivity index (χ3n) is 4.59. The average molecular weight is 374 g/mol. The second kappa shape index (κ2) is 8.65. The Bertz CT molecular complexity index is 926. The van der Waals surface area contributed by atoms with Crippen molar-refractivity contribution in [1.29, 1.82) is 0 Å². The van der Waals surface area contributed by atoms with E-state index in [1.165, 1.54) is 5.56 Å². The molecule has 0 aliphatic heterocycles. The summed E-state index contributed by atoms with van der Waals surface area (Å²) >= 11 is 0. The van der Waals surface area contributed by atoms with Crippen LogP contribution in [0.3, 0.4) is 0 Å². The Hall–Kier alpha value is -3.21. The Balaban J connectivity index is 1.92. The molecule has 0 N–H and O–H groups in total. The Morgan fingerprint density at radius 3 is 2.18 bits per heavy atom. The van der Waals surface area contributed by atoms with Crippen molar-refractivity contribution >= 4 is 17.5 Å². The van der Waals surface area contributed by atoms with Crippen molar-refractivity contribution in [3.8, 4) is 0 Å². The first-order chi connectivity index (χ1) is 13.5. The fourth-order valence-electron chi connectivity index (χ4n) is 3.00. The van der Waals surface area contributed by atoms with Gasteiger partial charge in [0.2, 0.25) is 5.95 Å². The molecule has 144 valence electrons. The van der Waals surface area contributed by atoms with Crippen LogP contribution in [0.15, 0.2) is 66.7 Å². The number of hydrogen-bond acceptors (Lipinski definition) is 4. The number of aromatic nitrogens is 2. The highest BCUT2D eigenvalue weighted by molar-refractivity contribution is 6.04. The van der Waals surface area contributed by atoms with Crippen molar-refractivity contribution < 1.29 is 4.79 Å². The van der Waals surface area contributed by atoms with Gasteiger partial charge < -0.3 is 9.80 Å². The van der Waals surface area contributed by atoms with Crippen molar-refractivity contribution in [2.75, 3.05) is 16.8 Å². The van der Waals surface area contributed by atoms with Crippen molar-refractivity contribution in [3.05, 3.63) is 83.7 Å². The zero-order valence-corrected chi connectivity index (χ0v) is 16.8. The number of hydrogen-bond donors (Lipinski definition) is 0. The first-order valence-corrected chi connectivity index (χ1v) is 9.45. The lowest BCUT2D eigenvalue weighted by Gasteiger charge is -2.27. The summed E-state index contributed by atoms with van der Waals surface area (Å²) in [6.07, 6.45) is 0. The quantitative estimate of drug-likeness (QED) is 0.638. The van der Waals surface area contributed by atoms with Gasteiger partial charge in [-0.1, -0.05) is 48.5 Å². The van der Waals surface area contributed by atoms with Crippen LogP contribution >= 0.6 is 0 Å². The predicted molar refractivity (Wildman–Crippen MR) is 114 cm³/mol. The second-order valence-corrected chi connectivity index (χ2v) is 7.10. The van der Waals surface area contributed by atoms with Gasteiger partial charge in [-0.3, -0.25) is 4.79 Å². The monoisotopic (exact) mass is 374 g/mol. The van der Waals surface area contributed by atoms with Crippen molar-refractivity contribution in [2.24, 2.45) is 0 Å². The number of aryl methyl sites for hydroxylation is 1. The number of nitrogens with zero attached hydrogens (tertiary/aromatic N) is 4. The van der Waals surface area contributed by atoms with Gasteiger partial charge in [0.15, 0.2) is 0 Å². The van der Waals surface area contributed by atoms with E-state index in [1.54, 1.807) is 18.0 Å². The van der Waals surface area contributed by atoms with Gasteiger partial charge in [-0.15, -0.1) is 0 Å². The largest absolute Gasteiger partial charge is 0.334 e. The number of carbonyl (C=O) groups excluding carboxylic acids is 1. The summed E-state index contributed by atoms with van der Waals surface area (Å²) in [5, 5.41) is 0. The lowest BCUT2D eigenvalue weighted by molar-refractivity contribution is 0.0988. The van der Waals surface area contributed by atoms with Crippen LogP contribution in [-0.2, 0) is 6.54 Å². The minimum Gasteiger partial charge on any atom is -0.334 e. The lowest BCUT2D eigenvalue weighted by Crippen LogP contribution is -2.33. The minimum atomic E-state index is -0.152. The molecule has 0 spiro atoms. The summed E-state index contributed by atoms with van der Waals surface area (Å²) in [7, 11) is 1.76. The summed E-state index contributed by atoms with van der Waals surface area (Å²) < 4.78 is 0. The molecule has 0 unspecified atom stereocenters. The number of benzene rings is 2. The molecule has 28 heavy (non-hydrogen) atoms. The normalized spacial score (nSPS) is 10.8. The van der Waals surface area contributed by atoms with E-state index in [9.17, 15) is 4.79 Å². The third-order valence-corrected chi connectivity index (χ3v) is 4.59. The molecule has 3 aromatic rings. The molecule has 1 amide bonds. The summed E-state index contributed by atoms with van der Waals surface area (Å²) in [5.41, 5.74) is 3.17. The van der Waals surface area contributed by atoms with Gasteiger partial charge in [0.05, 0.1) is 0 Å². The Labute approximate surface area is 166 Å². The molecule has 0 saturated heterocycles. The van der Waals surface area contributed by atoms with E-state index in [4.69, 9.17) is 0 Å². The maximum Gasteiger partial charge on any atom is 0.276 e. The molecular weight excluding hydrogens is 348 g/mol. The van der Waals surface area contributed by atoms with Crippen molar-refractivity contribution in [1.82, 2.24) is 9.97 Å². The number of para-hydroxylation sites is 1. The molecule has 0 radical (unpaired) electrons. The molecule has 0 bridgehead atoms. The van der Waals surface area contributed by atoms with Crippen LogP contribution in [0.25, 0.3) is 0 Å². The zero-order chi connectivity index (χ0) is 20.1. The van der Waals surface area contributed by atoms with Gasteiger partial charge in [0.25, 0.3) is 5.91 Å². The molecule has 5 nitrogen and oxygen atoms in total. The van der Waals surface area contributed by atoms with E-state index in [-0.39, 0.29) is 11.9 Å². The van der Waals surface area contributed by atoms with Gasteiger partial charge >= 0.3 is 0 Å². The molecule has 1 aromatic heterocycles. The summed E-state index contributed by atoms with van der Waals surface area (Å²) in [6.45, 7) is 6.79. The first-order valence-electron chi connectivity index (χ1n) is 9.45. The molecule has 0 saturated carbocycles. The van der Waals surface area contributed by atoms with E-state index in [0.29, 0.717) is 18.2 Å². The summed E-state index contributed by atoms with van der Waals surface area (Å²) in [4.78, 5) is 26.0. The van der Waals surface area contributed by atoms with Gasteiger partial charge in [-0.2, -0.15) is 0 Å². The average Bonchev–Trinajstić information content (AvgIpc) is 2.71. The maximum absolute atomic E-state index is 13.0. The van der Waals surface area contributed by atoms with Gasteiger partial charge in [-0.25, -0.2) is 9.97 Å². The predicted octanol–water partition coefficient (Wildman–Crippen LogP) is 4.48. The molecule has 0 fully saturated rings.